The van der Waals surface area contributed by atoms with E-state index in [9.17, 15) is 19.2 Å². The minimum atomic E-state index is -0.946. The molecular formula is C37H42N8O4. The second kappa shape index (κ2) is 13.2. The van der Waals surface area contributed by atoms with Crippen molar-refractivity contribution in [2.24, 2.45) is 11.7 Å². The number of hydrogen-bond acceptors (Lipinski definition) is 7. The number of carbonyl (C=O) groups is 2. The highest BCUT2D eigenvalue weighted by atomic mass is 16.2. The van der Waals surface area contributed by atoms with Crippen molar-refractivity contribution in [3.8, 4) is 28.2 Å². The molecule has 1 fully saturated rings. The van der Waals surface area contributed by atoms with Crippen LogP contribution in [0, 0.1) is 5.92 Å². The molecular weight excluding hydrogens is 620 g/mol. The zero-order valence-electron chi connectivity index (χ0n) is 28.5. The molecule has 1 aliphatic heterocycles. The molecule has 0 saturated carbocycles. The van der Waals surface area contributed by atoms with Crippen LogP contribution >= 0.6 is 0 Å². The number of nitrogen functional groups attached to an aromatic ring is 1. The minimum absolute atomic E-state index is 0.0311. The fourth-order valence-corrected chi connectivity index (χ4v) is 6.96. The lowest BCUT2D eigenvalue weighted by Crippen LogP contribution is -2.44. The molecule has 12 nitrogen and oxygen atoms in total. The summed E-state index contributed by atoms with van der Waals surface area (Å²) >= 11 is 0. The standard InChI is InChI=1S/C37H42N8O4/c1-6-43-28-20-26(23-14-17-42(18-15-23)35(47)21(2)3)19-27(30(28)33(38)41-43)24-10-12-25(13-11-24)32-31(34(39)46)36(48)45(29-9-7-8-16-40-29)37(49)44(32)22(4)5/h7-13,16,19-23H,6,14-15,17-18H2,1-5H3,(H2,38,41)(H2,39,46). The molecule has 49 heavy (non-hydrogen) atoms. The quantitative estimate of drug-likeness (QED) is 0.243. The van der Waals surface area contributed by atoms with Gasteiger partial charge in [-0.2, -0.15) is 5.10 Å². The van der Waals surface area contributed by atoms with Crippen LogP contribution in [-0.4, -0.2) is 53.7 Å². The number of likely N-dealkylation sites (tertiary alicyclic amines) is 1. The smallest absolute Gasteiger partial charge is 0.337 e. The molecule has 0 spiro atoms. The summed E-state index contributed by atoms with van der Waals surface area (Å²) in [6.45, 7) is 11.5. The molecule has 0 bridgehead atoms. The lowest BCUT2D eigenvalue weighted by molar-refractivity contribution is -0.135. The summed E-state index contributed by atoms with van der Waals surface area (Å²) in [7, 11) is 0. The third-order valence-corrected chi connectivity index (χ3v) is 9.38. The van der Waals surface area contributed by atoms with Crippen LogP contribution in [0.15, 0.2) is 70.4 Å². The molecule has 1 aliphatic rings. The number of hydrogen-bond donors (Lipinski definition) is 2. The van der Waals surface area contributed by atoms with E-state index in [1.54, 1.807) is 38.1 Å². The van der Waals surface area contributed by atoms with Crippen molar-refractivity contribution in [2.45, 2.75) is 66.0 Å². The summed E-state index contributed by atoms with van der Waals surface area (Å²) in [6, 6.07) is 16.1. The van der Waals surface area contributed by atoms with Gasteiger partial charge >= 0.3 is 5.69 Å². The fourth-order valence-electron chi connectivity index (χ4n) is 6.96. The molecule has 0 unspecified atom stereocenters. The highest BCUT2D eigenvalue weighted by molar-refractivity contribution is 6.03. The van der Waals surface area contributed by atoms with E-state index in [0.717, 1.165) is 45.0 Å². The summed E-state index contributed by atoms with van der Waals surface area (Å²) in [5.74, 6) is -0.0210. The first-order valence-corrected chi connectivity index (χ1v) is 16.7. The van der Waals surface area contributed by atoms with Crippen LogP contribution < -0.4 is 22.7 Å². The molecule has 254 valence electrons. The zero-order chi connectivity index (χ0) is 35.1. The van der Waals surface area contributed by atoms with Gasteiger partial charge in [0.15, 0.2) is 5.82 Å². The Hall–Kier alpha value is -5.52. The molecule has 0 radical (unpaired) electrons. The van der Waals surface area contributed by atoms with E-state index in [4.69, 9.17) is 11.5 Å². The number of aromatic nitrogens is 5. The van der Waals surface area contributed by atoms with Crippen LogP contribution in [0.2, 0.25) is 0 Å². The number of rotatable bonds is 8. The lowest BCUT2D eigenvalue weighted by atomic mass is 9.86. The second-order valence-electron chi connectivity index (χ2n) is 13.2. The number of pyridine rings is 1. The number of primary amides is 1. The third kappa shape index (κ3) is 5.92. The van der Waals surface area contributed by atoms with E-state index in [1.165, 1.54) is 16.8 Å². The van der Waals surface area contributed by atoms with Gasteiger partial charge in [-0.3, -0.25) is 23.6 Å². The molecule has 4 heterocycles. The SMILES string of the molecule is CCn1nc(N)c2c(-c3ccc(-c4c(C(N)=O)c(=O)n(-c5ccccn5)c(=O)n4C(C)C)cc3)cc(C3CCN(C(=O)C(C)C)CC3)cc21. The van der Waals surface area contributed by atoms with E-state index in [1.807, 2.05) is 42.5 Å². The number of piperidine rings is 1. The number of amides is 2. The Bertz CT molecular complexity index is 2170. The number of benzene rings is 2. The van der Waals surface area contributed by atoms with Crippen LogP contribution in [0.1, 0.15) is 75.3 Å². The van der Waals surface area contributed by atoms with Crippen LogP contribution in [0.3, 0.4) is 0 Å². The fraction of sp³-hybridized carbons (Fsp3) is 0.351. The maximum absolute atomic E-state index is 13.9. The predicted octanol–water partition coefficient (Wildman–Crippen LogP) is 4.72. The number of anilines is 1. The number of fused-ring (bicyclic) bond motifs is 1. The molecule has 4 N–H and O–H groups in total. The zero-order valence-corrected chi connectivity index (χ0v) is 28.5. The van der Waals surface area contributed by atoms with Crippen LogP contribution in [-0.2, 0) is 11.3 Å². The molecule has 2 amide bonds. The monoisotopic (exact) mass is 662 g/mol. The summed E-state index contributed by atoms with van der Waals surface area (Å²) in [5.41, 5.74) is 15.1. The molecule has 5 aromatic rings. The average molecular weight is 663 g/mol. The Morgan fingerprint density at radius 1 is 0.959 bits per heavy atom. The van der Waals surface area contributed by atoms with E-state index in [2.05, 4.69) is 22.2 Å². The molecule has 12 heteroatoms. The Labute approximate surface area is 284 Å². The van der Waals surface area contributed by atoms with Gasteiger partial charge in [0, 0.05) is 37.8 Å². The summed E-state index contributed by atoms with van der Waals surface area (Å²) in [5, 5.41) is 5.46. The van der Waals surface area contributed by atoms with Crippen molar-refractivity contribution in [3.05, 3.63) is 92.8 Å². The summed E-state index contributed by atoms with van der Waals surface area (Å²) in [6.07, 6.45) is 3.17. The number of carbonyl (C=O) groups excluding carboxylic acids is 2. The molecule has 0 atom stereocenters. The van der Waals surface area contributed by atoms with Gasteiger partial charge in [0.25, 0.3) is 11.5 Å². The first kappa shape index (κ1) is 33.4. The lowest BCUT2D eigenvalue weighted by Gasteiger charge is -2.33. The van der Waals surface area contributed by atoms with Crippen LogP contribution in [0.5, 0.6) is 0 Å². The highest BCUT2D eigenvalue weighted by Gasteiger charge is 2.28. The van der Waals surface area contributed by atoms with Crippen LogP contribution in [0.4, 0.5) is 5.82 Å². The Balaban J connectivity index is 1.48. The van der Waals surface area contributed by atoms with Gasteiger partial charge in [0.2, 0.25) is 5.91 Å². The van der Waals surface area contributed by atoms with Gasteiger partial charge in [-0.15, -0.1) is 0 Å². The van der Waals surface area contributed by atoms with Crippen molar-refractivity contribution >= 4 is 28.5 Å². The van der Waals surface area contributed by atoms with Gasteiger partial charge in [0.05, 0.1) is 16.6 Å². The maximum atomic E-state index is 13.9. The van der Waals surface area contributed by atoms with E-state index in [0.29, 0.717) is 31.0 Å². The number of aryl methyl sites for hydroxylation is 1. The van der Waals surface area contributed by atoms with Crippen molar-refractivity contribution in [1.29, 1.82) is 0 Å². The van der Waals surface area contributed by atoms with Gasteiger partial charge in [-0.05, 0) is 86.1 Å². The first-order valence-electron chi connectivity index (χ1n) is 16.7. The predicted molar refractivity (Wildman–Crippen MR) is 191 cm³/mol. The van der Waals surface area contributed by atoms with Gasteiger partial charge in [0.1, 0.15) is 11.4 Å². The summed E-state index contributed by atoms with van der Waals surface area (Å²) in [4.78, 5) is 59.3. The van der Waals surface area contributed by atoms with E-state index < -0.39 is 23.2 Å². The Morgan fingerprint density at radius 2 is 1.63 bits per heavy atom. The van der Waals surface area contributed by atoms with Crippen molar-refractivity contribution in [2.75, 3.05) is 18.8 Å². The van der Waals surface area contributed by atoms with Gasteiger partial charge in [-0.25, -0.2) is 14.3 Å². The maximum Gasteiger partial charge on any atom is 0.337 e. The largest absolute Gasteiger partial charge is 0.382 e. The average Bonchev–Trinajstić information content (AvgIpc) is 3.42. The van der Waals surface area contributed by atoms with Crippen molar-refractivity contribution < 1.29 is 9.59 Å². The van der Waals surface area contributed by atoms with Crippen molar-refractivity contribution in [3.63, 3.8) is 0 Å². The molecule has 6 rings (SSSR count). The van der Waals surface area contributed by atoms with E-state index in [-0.39, 0.29) is 34.8 Å². The Kier molecular flexibility index (Phi) is 8.98. The second-order valence-corrected chi connectivity index (χ2v) is 13.2. The molecule has 2 aromatic carbocycles. The molecule has 1 saturated heterocycles. The minimum Gasteiger partial charge on any atom is -0.382 e. The van der Waals surface area contributed by atoms with Gasteiger partial charge in [-0.1, -0.05) is 44.2 Å². The number of nitrogens with two attached hydrogens (primary N) is 2. The highest BCUT2D eigenvalue weighted by Crippen LogP contribution is 2.39. The van der Waals surface area contributed by atoms with Crippen molar-refractivity contribution in [1.82, 2.24) is 28.8 Å². The first-order chi connectivity index (χ1) is 23.4. The number of nitrogens with zero attached hydrogens (tertiary/aromatic N) is 6. The van der Waals surface area contributed by atoms with Gasteiger partial charge < -0.3 is 16.4 Å². The third-order valence-electron chi connectivity index (χ3n) is 9.38. The summed E-state index contributed by atoms with van der Waals surface area (Å²) < 4.78 is 4.20. The normalized spacial score (nSPS) is 13.9. The molecule has 0 aliphatic carbocycles. The van der Waals surface area contributed by atoms with Crippen LogP contribution in [0.25, 0.3) is 39.1 Å². The topological polar surface area (TPSA) is 164 Å². The molecule has 3 aromatic heterocycles. The Morgan fingerprint density at radius 3 is 2.20 bits per heavy atom. The van der Waals surface area contributed by atoms with E-state index >= 15 is 0 Å².